The van der Waals surface area contributed by atoms with E-state index in [1.807, 2.05) is 13.0 Å². The lowest BCUT2D eigenvalue weighted by Gasteiger charge is -2.27. The minimum Gasteiger partial charge on any atom is -0.480 e. The highest BCUT2D eigenvalue weighted by molar-refractivity contribution is 5.77. The molecular formula is C20H31NO6. The molecule has 1 fully saturated rings. The number of fused-ring (bicyclic) bond motifs is 1. The monoisotopic (exact) mass is 381 g/mol. The van der Waals surface area contributed by atoms with Gasteiger partial charge >= 0.3 is 11.9 Å². The zero-order chi connectivity index (χ0) is 20.1. The summed E-state index contributed by atoms with van der Waals surface area (Å²) in [5, 5.41) is 32.7. The second kappa shape index (κ2) is 9.48. The van der Waals surface area contributed by atoms with Gasteiger partial charge in [-0.15, -0.1) is 0 Å². The topological polar surface area (TPSA) is 116 Å². The van der Waals surface area contributed by atoms with E-state index in [9.17, 15) is 24.9 Å². The van der Waals surface area contributed by atoms with E-state index in [1.54, 1.807) is 19.9 Å². The minimum atomic E-state index is -0.972. The quantitative estimate of drug-likeness (QED) is 0.404. The van der Waals surface area contributed by atoms with Gasteiger partial charge in [0, 0.05) is 12.5 Å². The number of aliphatic hydroxyl groups is 2. The van der Waals surface area contributed by atoms with Crippen molar-refractivity contribution in [2.45, 2.75) is 58.3 Å². The number of aliphatic hydroxyl groups excluding tert-OH is 2. The number of carbonyl (C=O) groups excluding carboxylic acids is 1. The molecule has 0 amide bonds. The molecule has 1 aliphatic heterocycles. The van der Waals surface area contributed by atoms with Crippen LogP contribution in [0.2, 0.25) is 0 Å². The standard InChI is InChI=1S/C20H31NO6/c1-11(2)18(19(24)25)21-9-14-17-15(23)7-12(3)5-4-6-13(10-22)8-16(17)27-20(14)26/h5,8,11,14-18,21-23H,4,6-7,9-10H2,1-3H3,(H,24,25)/b12-5+,13-8-/t14-,15+,16-,17+,18-/m0/s1. The third-order valence-electron chi connectivity index (χ3n) is 5.43. The van der Waals surface area contributed by atoms with Crippen LogP contribution in [0.15, 0.2) is 23.3 Å². The molecule has 0 saturated carbocycles. The van der Waals surface area contributed by atoms with E-state index in [4.69, 9.17) is 4.74 Å². The van der Waals surface area contributed by atoms with Crippen LogP contribution in [0.1, 0.15) is 40.0 Å². The summed E-state index contributed by atoms with van der Waals surface area (Å²) in [5.41, 5.74) is 1.80. The van der Waals surface area contributed by atoms with Crippen LogP contribution in [-0.2, 0) is 14.3 Å². The Morgan fingerprint density at radius 2 is 2.11 bits per heavy atom. The number of esters is 1. The van der Waals surface area contributed by atoms with Gasteiger partial charge < -0.3 is 25.4 Å². The molecule has 2 rings (SSSR count). The maximum Gasteiger partial charge on any atom is 0.320 e. The van der Waals surface area contributed by atoms with Crippen LogP contribution in [0.5, 0.6) is 0 Å². The third-order valence-corrected chi connectivity index (χ3v) is 5.43. The molecule has 1 saturated heterocycles. The fourth-order valence-electron chi connectivity index (χ4n) is 3.90. The molecule has 4 N–H and O–H groups in total. The van der Waals surface area contributed by atoms with Gasteiger partial charge in [0.2, 0.25) is 0 Å². The molecule has 0 aromatic heterocycles. The number of carboxylic acid groups (broad SMARTS) is 1. The fourth-order valence-corrected chi connectivity index (χ4v) is 3.90. The Morgan fingerprint density at radius 1 is 1.41 bits per heavy atom. The van der Waals surface area contributed by atoms with E-state index in [1.165, 1.54) is 0 Å². The molecule has 5 atom stereocenters. The van der Waals surface area contributed by atoms with Crippen LogP contribution in [0.3, 0.4) is 0 Å². The number of carbonyl (C=O) groups is 2. The first kappa shape index (κ1) is 21.6. The molecule has 0 aromatic carbocycles. The van der Waals surface area contributed by atoms with Crippen molar-refractivity contribution in [3.8, 4) is 0 Å². The van der Waals surface area contributed by atoms with E-state index in [0.717, 1.165) is 17.6 Å². The highest BCUT2D eigenvalue weighted by Gasteiger charge is 2.47. The van der Waals surface area contributed by atoms with Crippen LogP contribution in [0, 0.1) is 17.8 Å². The summed E-state index contributed by atoms with van der Waals surface area (Å²) < 4.78 is 5.51. The molecule has 152 valence electrons. The van der Waals surface area contributed by atoms with Crippen molar-refractivity contribution in [1.82, 2.24) is 5.32 Å². The van der Waals surface area contributed by atoms with Gasteiger partial charge in [0.25, 0.3) is 0 Å². The van der Waals surface area contributed by atoms with E-state index in [2.05, 4.69) is 5.32 Å². The molecule has 27 heavy (non-hydrogen) atoms. The van der Waals surface area contributed by atoms with Crippen molar-refractivity contribution in [1.29, 1.82) is 0 Å². The van der Waals surface area contributed by atoms with Gasteiger partial charge in [-0.2, -0.15) is 0 Å². The summed E-state index contributed by atoms with van der Waals surface area (Å²) in [6, 6.07) is -0.779. The van der Waals surface area contributed by atoms with E-state index >= 15 is 0 Å². The van der Waals surface area contributed by atoms with Gasteiger partial charge in [0.1, 0.15) is 12.1 Å². The predicted octanol–water partition coefficient (Wildman–Crippen LogP) is 1.25. The zero-order valence-corrected chi connectivity index (χ0v) is 16.2. The highest BCUT2D eigenvalue weighted by Crippen LogP contribution is 2.35. The molecule has 7 nitrogen and oxygen atoms in total. The Bertz CT molecular complexity index is 612. The number of aliphatic carboxylic acids is 1. The molecule has 1 heterocycles. The van der Waals surface area contributed by atoms with Crippen molar-refractivity contribution < 1.29 is 29.6 Å². The maximum absolute atomic E-state index is 12.5. The van der Waals surface area contributed by atoms with Gasteiger partial charge in [0.15, 0.2) is 0 Å². The fraction of sp³-hybridized carbons (Fsp3) is 0.700. The Balaban J connectivity index is 2.25. The number of carboxylic acids is 1. The first-order chi connectivity index (χ1) is 12.7. The lowest BCUT2D eigenvalue weighted by molar-refractivity contribution is -0.144. The van der Waals surface area contributed by atoms with E-state index < -0.39 is 42.0 Å². The molecular weight excluding hydrogens is 350 g/mol. The number of ether oxygens (including phenoxy) is 1. The summed E-state index contributed by atoms with van der Waals surface area (Å²) >= 11 is 0. The van der Waals surface area contributed by atoms with Crippen LogP contribution in [0.4, 0.5) is 0 Å². The minimum absolute atomic E-state index is 0.122. The highest BCUT2D eigenvalue weighted by atomic mass is 16.6. The average molecular weight is 381 g/mol. The second-order valence-corrected chi connectivity index (χ2v) is 7.90. The molecule has 1 aliphatic carbocycles. The lowest BCUT2D eigenvalue weighted by Crippen LogP contribution is -2.46. The molecule has 2 aliphatic rings. The number of allylic oxidation sites excluding steroid dienone is 1. The van der Waals surface area contributed by atoms with Crippen LogP contribution in [0.25, 0.3) is 0 Å². The molecule has 0 unspecified atom stereocenters. The molecule has 0 bridgehead atoms. The Hall–Kier alpha value is -1.70. The van der Waals surface area contributed by atoms with Crippen molar-refractivity contribution in [2.75, 3.05) is 13.2 Å². The van der Waals surface area contributed by atoms with Gasteiger partial charge in [-0.1, -0.05) is 25.5 Å². The van der Waals surface area contributed by atoms with E-state index in [-0.39, 0.29) is 19.1 Å². The van der Waals surface area contributed by atoms with Gasteiger partial charge in [-0.3, -0.25) is 9.59 Å². The molecule has 0 aromatic rings. The summed E-state index contributed by atoms with van der Waals surface area (Å²) in [4.78, 5) is 23.9. The predicted molar refractivity (Wildman–Crippen MR) is 99.9 cm³/mol. The van der Waals surface area contributed by atoms with Gasteiger partial charge in [-0.25, -0.2) is 0 Å². The van der Waals surface area contributed by atoms with Crippen LogP contribution >= 0.6 is 0 Å². The number of nitrogens with one attached hydrogen (secondary N) is 1. The third kappa shape index (κ3) is 5.40. The summed E-state index contributed by atoms with van der Waals surface area (Å²) in [5.74, 6) is -2.70. The van der Waals surface area contributed by atoms with Crippen molar-refractivity contribution in [3.63, 3.8) is 0 Å². The van der Waals surface area contributed by atoms with Crippen molar-refractivity contribution in [2.24, 2.45) is 17.8 Å². The number of rotatable bonds is 6. The molecule has 7 heteroatoms. The maximum atomic E-state index is 12.5. The first-order valence-corrected chi connectivity index (χ1v) is 9.55. The Labute approximate surface area is 160 Å². The zero-order valence-electron chi connectivity index (χ0n) is 16.2. The normalized spacial score (nSPS) is 34.1. The van der Waals surface area contributed by atoms with Crippen LogP contribution in [-0.4, -0.2) is 58.7 Å². The van der Waals surface area contributed by atoms with Gasteiger partial charge in [0.05, 0.1) is 18.6 Å². The van der Waals surface area contributed by atoms with Crippen LogP contribution < -0.4 is 5.32 Å². The average Bonchev–Trinajstić information content (AvgIpc) is 2.88. The van der Waals surface area contributed by atoms with Crippen molar-refractivity contribution >= 4 is 11.9 Å². The Morgan fingerprint density at radius 3 is 2.70 bits per heavy atom. The number of hydrogen-bond acceptors (Lipinski definition) is 6. The first-order valence-electron chi connectivity index (χ1n) is 9.55. The summed E-state index contributed by atoms with van der Waals surface area (Å²) in [7, 11) is 0. The van der Waals surface area contributed by atoms with E-state index in [0.29, 0.717) is 12.8 Å². The van der Waals surface area contributed by atoms with Gasteiger partial charge in [-0.05, 0) is 43.8 Å². The smallest absolute Gasteiger partial charge is 0.320 e. The number of hydrogen-bond donors (Lipinski definition) is 4. The molecule has 0 radical (unpaired) electrons. The molecule has 0 spiro atoms. The second-order valence-electron chi connectivity index (χ2n) is 7.90. The Kier molecular flexibility index (Phi) is 7.59. The largest absolute Gasteiger partial charge is 0.480 e. The van der Waals surface area contributed by atoms with Crippen molar-refractivity contribution in [3.05, 3.63) is 23.3 Å². The lowest BCUT2D eigenvalue weighted by atomic mass is 9.81. The summed E-state index contributed by atoms with van der Waals surface area (Å²) in [6.45, 7) is 5.53. The summed E-state index contributed by atoms with van der Waals surface area (Å²) in [6.07, 6.45) is 4.24. The SMILES string of the molecule is C/C1=C\CC/C(CO)=C/[C@@H]2OC(=O)[C@@H](CN[C@H](C(=O)O)C(C)C)[C@@H]2[C@H](O)C1.